The number of fused-ring (bicyclic) bond motifs is 2. The zero-order valence-electron chi connectivity index (χ0n) is 21.1. The van der Waals surface area contributed by atoms with E-state index in [0.717, 1.165) is 90.2 Å². The fourth-order valence-corrected chi connectivity index (χ4v) is 6.11. The lowest BCUT2D eigenvalue weighted by atomic mass is 10.1. The number of benzene rings is 2. The Kier molecular flexibility index (Phi) is 10.2. The van der Waals surface area contributed by atoms with Gasteiger partial charge in [0.05, 0.1) is 9.40 Å². The lowest BCUT2D eigenvalue weighted by molar-refractivity contribution is -0.146. The number of esters is 1. The Morgan fingerprint density at radius 3 is 1.95 bits per heavy atom. The summed E-state index contributed by atoms with van der Waals surface area (Å²) in [6.07, 6.45) is 2.48. The molecule has 0 unspecified atom stereocenters. The number of hydrogen-bond acceptors (Lipinski definition) is 9. The summed E-state index contributed by atoms with van der Waals surface area (Å²) in [6.45, 7) is 3.27. The topological polar surface area (TPSA) is 136 Å². The minimum absolute atomic E-state index is 0.0727. The van der Waals surface area contributed by atoms with Gasteiger partial charge in [-0.25, -0.2) is 4.79 Å². The monoisotopic (exact) mass is 580 g/mol. The van der Waals surface area contributed by atoms with E-state index in [4.69, 9.17) is 4.74 Å². The second-order valence-corrected chi connectivity index (χ2v) is 11.0. The van der Waals surface area contributed by atoms with Crippen molar-refractivity contribution in [3.05, 3.63) is 54.7 Å². The van der Waals surface area contributed by atoms with E-state index in [2.05, 4.69) is 20.6 Å². The van der Waals surface area contributed by atoms with Crippen LogP contribution < -0.4 is 25.1 Å². The summed E-state index contributed by atoms with van der Waals surface area (Å²) in [6, 6.07) is 6.61. The molecule has 0 fully saturated rings. The van der Waals surface area contributed by atoms with Crippen molar-refractivity contribution in [1.29, 1.82) is 0 Å². The van der Waals surface area contributed by atoms with Crippen molar-refractivity contribution >= 4 is 49.1 Å². The number of carbonyl (C=O) groups excluding carboxylic acids is 1. The van der Waals surface area contributed by atoms with Crippen LogP contribution in [0.3, 0.4) is 0 Å². The number of aromatic hydroxyl groups is 1. The van der Waals surface area contributed by atoms with E-state index in [1.165, 1.54) is 6.07 Å². The zero-order chi connectivity index (χ0) is 27.8. The first kappa shape index (κ1) is 28.9. The number of aromatic amines is 2. The zero-order valence-corrected chi connectivity index (χ0v) is 22.7. The number of alkyl halides is 2. The lowest BCUT2D eigenvalue weighted by Crippen LogP contribution is -2.19. The van der Waals surface area contributed by atoms with Crippen LogP contribution >= 0.6 is 22.7 Å². The molecule has 0 saturated heterocycles. The Labute approximate surface area is 230 Å². The van der Waals surface area contributed by atoms with Gasteiger partial charge in [0.1, 0.15) is 16.8 Å². The van der Waals surface area contributed by atoms with Gasteiger partial charge in [-0.3, -0.25) is 9.59 Å². The molecule has 9 nitrogen and oxygen atoms in total. The fourth-order valence-electron chi connectivity index (χ4n) is 4.32. The molecule has 0 aliphatic carbocycles. The predicted octanol–water partition coefficient (Wildman–Crippen LogP) is 3.89. The molecule has 0 aliphatic heterocycles. The van der Waals surface area contributed by atoms with Gasteiger partial charge < -0.3 is 30.4 Å². The van der Waals surface area contributed by atoms with Gasteiger partial charge in [0.25, 0.3) is 0 Å². The van der Waals surface area contributed by atoms with Crippen LogP contribution in [0, 0.1) is 0 Å². The van der Waals surface area contributed by atoms with Crippen LogP contribution in [-0.4, -0.2) is 53.6 Å². The molecule has 0 atom stereocenters. The van der Waals surface area contributed by atoms with Gasteiger partial charge in [0, 0.05) is 0 Å². The largest absolute Gasteiger partial charge is 0.506 e. The number of rotatable bonds is 15. The van der Waals surface area contributed by atoms with Gasteiger partial charge in [0.2, 0.25) is 0 Å². The highest BCUT2D eigenvalue weighted by molar-refractivity contribution is 7.17. The number of aromatic nitrogens is 2. The van der Waals surface area contributed by atoms with Gasteiger partial charge in [-0.1, -0.05) is 47.6 Å². The van der Waals surface area contributed by atoms with Crippen molar-refractivity contribution in [1.82, 2.24) is 20.6 Å². The number of thiazole rings is 2. The Bertz CT molecular complexity index is 1530. The summed E-state index contributed by atoms with van der Waals surface area (Å²) < 4.78 is 31.2. The van der Waals surface area contributed by atoms with Crippen molar-refractivity contribution in [2.45, 2.75) is 45.0 Å². The highest BCUT2D eigenvalue weighted by Crippen LogP contribution is 2.30. The molecule has 2 heterocycles. The minimum Gasteiger partial charge on any atom is -0.506 e. The molecule has 4 aromatic rings. The third kappa shape index (κ3) is 7.72. The Balaban J connectivity index is 1.08. The molecule has 0 aliphatic rings. The number of H-pyrrole nitrogens is 2. The van der Waals surface area contributed by atoms with Crippen molar-refractivity contribution in [3.63, 3.8) is 0 Å². The molecule has 0 saturated carbocycles. The molecule has 0 bridgehead atoms. The standard InChI is InChI=1S/C26H30F2N4O5S2/c27-23(28)24(34)37-18-8-6-16(22-20(18)32-26(36)39-22)10-14-30-12-4-2-1-3-11-29-13-9-15-5-7-17(33)19-21(15)38-25(35)31-19/h5-8,23,29-30,33H,1-4,9-14H2,(H,31,35)(H,32,36). The normalized spacial score (nSPS) is 11.7. The number of phenols is 1. The molecule has 0 radical (unpaired) electrons. The second kappa shape index (κ2) is 13.8. The van der Waals surface area contributed by atoms with Gasteiger partial charge in [-0.05, 0) is 75.1 Å². The summed E-state index contributed by atoms with van der Waals surface area (Å²) in [5.74, 6) is -1.63. The van der Waals surface area contributed by atoms with Crippen LogP contribution in [0.2, 0.25) is 0 Å². The molecule has 2 aromatic heterocycles. The number of unbranched alkanes of at least 4 members (excludes halogenated alkanes) is 3. The summed E-state index contributed by atoms with van der Waals surface area (Å²) in [5, 5.41) is 16.7. The van der Waals surface area contributed by atoms with E-state index in [9.17, 15) is 28.3 Å². The van der Waals surface area contributed by atoms with Crippen molar-refractivity contribution in [2.75, 3.05) is 26.2 Å². The number of halogens is 2. The summed E-state index contributed by atoms with van der Waals surface area (Å²) in [7, 11) is 0. The smallest absolute Gasteiger partial charge is 0.379 e. The quantitative estimate of drug-likeness (QED) is 0.0818. The fraction of sp³-hybridized carbons (Fsp3) is 0.423. The van der Waals surface area contributed by atoms with Crippen LogP contribution in [0.25, 0.3) is 20.4 Å². The first-order valence-corrected chi connectivity index (χ1v) is 14.4. The van der Waals surface area contributed by atoms with Crippen LogP contribution in [0.4, 0.5) is 8.78 Å². The number of carbonyl (C=O) groups is 1. The SMILES string of the molecule is O=C(Oc1ccc(CCNCCCCCCNCCc2ccc(O)c3[nH]c(=O)sc23)c2sc(=O)[nH]c12)C(F)F. The Morgan fingerprint density at radius 2 is 1.36 bits per heavy atom. The molecule has 39 heavy (non-hydrogen) atoms. The molecule has 2 aromatic carbocycles. The van der Waals surface area contributed by atoms with E-state index in [0.29, 0.717) is 23.2 Å². The van der Waals surface area contributed by atoms with Crippen molar-refractivity contribution < 1.29 is 23.4 Å². The molecule has 210 valence electrons. The van der Waals surface area contributed by atoms with E-state index >= 15 is 0 Å². The third-order valence-corrected chi connectivity index (χ3v) is 8.17. The highest BCUT2D eigenvalue weighted by Gasteiger charge is 2.20. The molecular formula is C26H30F2N4O5S2. The number of ether oxygens (including phenoxy) is 1. The molecule has 5 N–H and O–H groups in total. The third-order valence-electron chi connectivity index (χ3n) is 6.25. The maximum atomic E-state index is 12.5. The molecule has 0 amide bonds. The van der Waals surface area contributed by atoms with E-state index in [-0.39, 0.29) is 26.8 Å². The molecule has 0 spiro atoms. The van der Waals surface area contributed by atoms with Gasteiger partial charge in [-0.15, -0.1) is 0 Å². The average molecular weight is 581 g/mol. The summed E-state index contributed by atoms with van der Waals surface area (Å²) >= 11 is 2.09. The number of nitrogens with one attached hydrogen (secondary N) is 4. The molecule has 13 heteroatoms. The molecule has 4 rings (SSSR count). The molecular weight excluding hydrogens is 550 g/mol. The Morgan fingerprint density at radius 1 is 0.821 bits per heavy atom. The summed E-state index contributed by atoms with van der Waals surface area (Å²) in [4.78, 5) is 39.4. The lowest BCUT2D eigenvalue weighted by Gasteiger charge is -2.09. The van der Waals surface area contributed by atoms with Crippen molar-refractivity contribution in [3.8, 4) is 11.5 Å². The number of hydrogen-bond donors (Lipinski definition) is 5. The predicted molar refractivity (Wildman–Crippen MR) is 150 cm³/mol. The van der Waals surface area contributed by atoms with Crippen molar-refractivity contribution in [2.24, 2.45) is 0 Å². The minimum atomic E-state index is -3.24. The van der Waals surface area contributed by atoms with E-state index in [1.54, 1.807) is 12.1 Å². The first-order valence-electron chi connectivity index (χ1n) is 12.7. The number of phenolic OH excluding ortho intramolecular Hbond substituents is 1. The maximum Gasteiger partial charge on any atom is 0.379 e. The van der Waals surface area contributed by atoms with Gasteiger partial charge in [-0.2, -0.15) is 8.78 Å². The first-order chi connectivity index (χ1) is 18.8. The van der Waals surface area contributed by atoms with E-state index in [1.807, 2.05) is 6.07 Å². The summed E-state index contributed by atoms with van der Waals surface area (Å²) in [5.41, 5.74) is 2.70. The van der Waals surface area contributed by atoms with Crippen LogP contribution in [0.15, 0.2) is 33.9 Å². The van der Waals surface area contributed by atoms with Gasteiger partial charge in [0.15, 0.2) is 5.75 Å². The van der Waals surface area contributed by atoms with Crippen LogP contribution in [0.5, 0.6) is 11.5 Å². The van der Waals surface area contributed by atoms with Gasteiger partial charge >= 0.3 is 22.1 Å². The average Bonchev–Trinajstić information content (AvgIpc) is 3.50. The van der Waals surface area contributed by atoms with Crippen LogP contribution in [0.1, 0.15) is 36.8 Å². The highest BCUT2D eigenvalue weighted by atomic mass is 32.1. The maximum absolute atomic E-state index is 12.5. The second-order valence-electron chi connectivity index (χ2n) is 9.04. The Hall–Kier alpha value is -3.13. The van der Waals surface area contributed by atoms with Crippen LogP contribution in [-0.2, 0) is 17.6 Å². The van der Waals surface area contributed by atoms with E-state index < -0.39 is 12.4 Å².